The Balaban J connectivity index is 1.92. The van der Waals surface area contributed by atoms with Crippen molar-refractivity contribution in [2.75, 3.05) is 6.79 Å². The molecule has 1 aliphatic heterocycles. The molecule has 0 amide bonds. The van der Waals surface area contributed by atoms with Gasteiger partial charge in [-0.2, -0.15) is 17.6 Å². The molecular formula is C11H8F4O2. The number of fused-ring (bicyclic) bond motifs is 1. The van der Waals surface area contributed by atoms with Crippen molar-refractivity contribution in [1.29, 1.82) is 0 Å². The van der Waals surface area contributed by atoms with E-state index in [1.165, 1.54) is 18.2 Å². The van der Waals surface area contributed by atoms with Crippen molar-refractivity contribution in [3.05, 3.63) is 23.8 Å². The zero-order valence-electron chi connectivity index (χ0n) is 8.55. The monoisotopic (exact) mass is 248 g/mol. The van der Waals surface area contributed by atoms with Crippen LogP contribution in [0, 0.1) is 0 Å². The molecular weight excluding hydrogens is 240 g/mol. The lowest BCUT2D eigenvalue weighted by atomic mass is 9.72. The Hall–Kier alpha value is -1.46. The number of rotatable bonds is 1. The second-order valence-electron chi connectivity index (χ2n) is 4.20. The molecule has 1 aromatic carbocycles. The van der Waals surface area contributed by atoms with E-state index in [9.17, 15) is 17.6 Å². The van der Waals surface area contributed by atoms with E-state index >= 15 is 0 Å². The Morgan fingerprint density at radius 2 is 1.76 bits per heavy atom. The van der Waals surface area contributed by atoms with Crippen LogP contribution in [0.4, 0.5) is 17.6 Å². The first-order chi connectivity index (χ1) is 7.92. The minimum atomic E-state index is -3.99. The quantitative estimate of drug-likeness (QED) is 0.710. The van der Waals surface area contributed by atoms with Gasteiger partial charge in [0.25, 0.3) is 0 Å². The van der Waals surface area contributed by atoms with Gasteiger partial charge in [-0.15, -0.1) is 0 Å². The molecule has 1 heterocycles. The van der Waals surface area contributed by atoms with Gasteiger partial charge in [-0.05, 0) is 17.7 Å². The van der Waals surface area contributed by atoms with Crippen molar-refractivity contribution in [3.8, 4) is 11.5 Å². The fourth-order valence-corrected chi connectivity index (χ4v) is 2.10. The van der Waals surface area contributed by atoms with Gasteiger partial charge >= 0.3 is 11.8 Å². The lowest BCUT2D eigenvalue weighted by Crippen LogP contribution is -2.56. The highest BCUT2D eigenvalue weighted by molar-refractivity contribution is 5.46. The van der Waals surface area contributed by atoms with Crippen molar-refractivity contribution < 1.29 is 27.0 Å². The summed E-state index contributed by atoms with van der Waals surface area (Å²) in [5.41, 5.74) is 0.158. The van der Waals surface area contributed by atoms with E-state index in [0.29, 0.717) is 11.5 Å². The summed E-state index contributed by atoms with van der Waals surface area (Å²) in [6, 6.07) is 4.18. The van der Waals surface area contributed by atoms with Crippen molar-refractivity contribution in [3.63, 3.8) is 0 Å². The SMILES string of the molecule is FC1(F)CC(c2ccc3c(c2)OCO3)C1(F)F. The van der Waals surface area contributed by atoms with Crippen LogP contribution in [0.2, 0.25) is 0 Å². The maximum atomic E-state index is 13.2. The number of hydrogen-bond acceptors (Lipinski definition) is 2. The van der Waals surface area contributed by atoms with E-state index < -0.39 is 24.2 Å². The minimum absolute atomic E-state index is 0.0238. The average Bonchev–Trinajstić information content (AvgIpc) is 2.72. The Bertz CT molecular complexity index is 473. The largest absolute Gasteiger partial charge is 0.454 e. The summed E-state index contributed by atoms with van der Waals surface area (Å²) in [6.45, 7) is 0.0238. The van der Waals surface area contributed by atoms with Gasteiger partial charge in [0.15, 0.2) is 11.5 Å². The van der Waals surface area contributed by atoms with Gasteiger partial charge in [0.1, 0.15) is 0 Å². The minimum Gasteiger partial charge on any atom is -0.454 e. The predicted octanol–water partition coefficient (Wildman–Crippen LogP) is 3.17. The third-order valence-corrected chi connectivity index (χ3v) is 3.18. The fraction of sp³-hybridized carbons (Fsp3) is 0.455. The maximum Gasteiger partial charge on any atom is 0.317 e. The van der Waals surface area contributed by atoms with Crippen LogP contribution in [0.25, 0.3) is 0 Å². The number of ether oxygens (including phenoxy) is 2. The second-order valence-corrected chi connectivity index (χ2v) is 4.20. The highest BCUT2D eigenvalue weighted by Crippen LogP contribution is 2.60. The van der Waals surface area contributed by atoms with Gasteiger partial charge < -0.3 is 9.47 Å². The van der Waals surface area contributed by atoms with E-state index in [4.69, 9.17) is 9.47 Å². The lowest BCUT2D eigenvalue weighted by Gasteiger charge is -2.44. The number of halogens is 4. The van der Waals surface area contributed by atoms with Gasteiger partial charge in [0.2, 0.25) is 6.79 Å². The Kier molecular flexibility index (Phi) is 1.92. The standard InChI is InChI=1S/C11H8F4O2/c12-10(13)4-7(11(10,14)15)6-1-2-8-9(3-6)17-5-16-8/h1-3,7H,4-5H2. The van der Waals surface area contributed by atoms with Gasteiger partial charge in [-0.3, -0.25) is 0 Å². The average molecular weight is 248 g/mol. The Morgan fingerprint density at radius 1 is 1.06 bits per heavy atom. The summed E-state index contributed by atoms with van der Waals surface area (Å²) < 4.78 is 61.9. The van der Waals surface area contributed by atoms with E-state index in [1.54, 1.807) is 0 Å². The molecule has 0 radical (unpaired) electrons. The lowest BCUT2D eigenvalue weighted by molar-refractivity contribution is -0.290. The molecule has 3 rings (SSSR count). The van der Waals surface area contributed by atoms with Crippen LogP contribution in [-0.2, 0) is 0 Å². The Morgan fingerprint density at radius 3 is 2.41 bits per heavy atom. The predicted molar refractivity (Wildman–Crippen MR) is 49.8 cm³/mol. The molecule has 1 aromatic rings. The molecule has 1 fully saturated rings. The summed E-state index contributed by atoms with van der Waals surface area (Å²) in [5, 5.41) is 0. The van der Waals surface area contributed by atoms with Crippen molar-refractivity contribution >= 4 is 0 Å². The molecule has 1 aliphatic carbocycles. The third kappa shape index (κ3) is 1.33. The van der Waals surface area contributed by atoms with E-state index in [2.05, 4.69) is 0 Å². The first kappa shape index (κ1) is 10.7. The smallest absolute Gasteiger partial charge is 0.317 e. The summed E-state index contributed by atoms with van der Waals surface area (Å²) in [6.07, 6.45) is -0.834. The molecule has 6 heteroatoms. The third-order valence-electron chi connectivity index (χ3n) is 3.18. The van der Waals surface area contributed by atoms with Crippen LogP contribution in [-0.4, -0.2) is 18.6 Å². The Labute approximate surface area is 94.1 Å². The van der Waals surface area contributed by atoms with Gasteiger partial charge in [0.05, 0.1) is 5.92 Å². The molecule has 2 aliphatic rings. The summed E-state index contributed by atoms with van der Waals surface area (Å²) in [4.78, 5) is 0. The van der Waals surface area contributed by atoms with E-state index in [1.807, 2.05) is 0 Å². The summed E-state index contributed by atoms with van der Waals surface area (Å²) in [7, 11) is 0. The van der Waals surface area contributed by atoms with Crippen LogP contribution >= 0.6 is 0 Å². The van der Waals surface area contributed by atoms with Crippen LogP contribution in [0.1, 0.15) is 17.9 Å². The molecule has 17 heavy (non-hydrogen) atoms. The first-order valence-electron chi connectivity index (χ1n) is 5.07. The topological polar surface area (TPSA) is 18.5 Å². The van der Waals surface area contributed by atoms with Crippen LogP contribution < -0.4 is 9.47 Å². The molecule has 1 unspecified atom stereocenters. The summed E-state index contributed by atoms with van der Waals surface area (Å²) >= 11 is 0. The van der Waals surface area contributed by atoms with Crippen molar-refractivity contribution in [2.45, 2.75) is 24.2 Å². The van der Waals surface area contributed by atoms with Gasteiger partial charge in [0, 0.05) is 6.42 Å². The highest BCUT2D eigenvalue weighted by Gasteiger charge is 2.71. The molecule has 1 saturated carbocycles. The molecule has 0 N–H and O–H groups in total. The second kappa shape index (κ2) is 3.05. The zero-order chi connectivity index (χ0) is 12.3. The van der Waals surface area contributed by atoms with Crippen LogP contribution in [0.3, 0.4) is 0 Å². The van der Waals surface area contributed by atoms with Crippen LogP contribution in [0.15, 0.2) is 18.2 Å². The van der Waals surface area contributed by atoms with Gasteiger partial charge in [-0.1, -0.05) is 6.07 Å². The van der Waals surface area contributed by atoms with E-state index in [-0.39, 0.29) is 12.4 Å². The molecule has 92 valence electrons. The van der Waals surface area contributed by atoms with Gasteiger partial charge in [-0.25, -0.2) is 0 Å². The normalized spacial score (nSPS) is 27.6. The van der Waals surface area contributed by atoms with Crippen LogP contribution in [0.5, 0.6) is 11.5 Å². The first-order valence-corrected chi connectivity index (χ1v) is 5.07. The summed E-state index contributed by atoms with van der Waals surface area (Å²) in [5.74, 6) is -8.57. The number of hydrogen-bond donors (Lipinski definition) is 0. The maximum absolute atomic E-state index is 13.2. The van der Waals surface area contributed by atoms with E-state index in [0.717, 1.165) is 0 Å². The highest BCUT2D eigenvalue weighted by atomic mass is 19.3. The molecule has 1 atom stereocenters. The molecule has 0 spiro atoms. The molecule has 2 nitrogen and oxygen atoms in total. The number of alkyl halides is 4. The molecule has 0 aromatic heterocycles. The van der Waals surface area contributed by atoms with Crippen molar-refractivity contribution in [2.24, 2.45) is 0 Å². The fourth-order valence-electron chi connectivity index (χ4n) is 2.10. The molecule has 0 saturated heterocycles. The number of benzene rings is 1. The van der Waals surface area contributed by atoms with Crippen molar-refractivity contribution in [1.82, 2.24) is 0 Å². The molecule has 0 bridgehead atoms. The zero-order valence-corrected chi connectivity index (χ0v) is 8.55.